The molecule has 0 radical (unpaired) electrons. The molecule has 0 saturated carbocycles. The number of hydrogen-bond acceptors (Lipinski definition) is 11. The number of Topliss-reactive ketones (excluding diaryl/α,β-unsaturated/α-hetero) is 2. The van der Waals surface area contributed by atoms with Gasteiger partial charge in [-0.05, 0) is 155 Å². The van der Waals surface area contributed by atoms with E-state index in [0.717, 1.165) is 68.3 Å². The summed E-state index contributed by atoms with van der Waals surface area (Å²) < 4.78 is 114. The summed E-state index contributed by atoms with van der Waals surface area (Å²) in [4.78, 5) is 22.9. The summed E-state index contributed by atoms with van der Waals surface area (Å²) in [5.74, 6) is -0.217. The molecule has 0 aliphatic heterocycles. The zero-order valence-electron chi connectivity index (χ0n) is 39.0. The summed E-state index contributed by atoms with van der Waals surface area (Å²) in [6.45, 7) is 18.8. The molecular formula is C49H51Na2O11S3-. The number of rotatable bonds is 14. The molecule has 5 aromatic rings. The van der Waals surface area contributed by atoms with E-state index >= 15 is 0 Å². The molecular weight excluding hydrogens is 907 g/mol. The van der Waals surface area contributed by atoms with Gasteiger partial charge in [0.2, 0.25) is 0 Å². The first-order valence-electron chi connectivity index (χ1n) is 20.3. The maximum absolute atomic E-state index is 13.1. The van der Waals surface area contributed by atoms with E-state index in [-0.39, 0.29) is 129 Å². The first-order chi connectivity index (χ1) is 29.1. The summed E-state index contributed by atoms with van der Waals surface area (Å²) in [7, 11) is -15.9. The van der Waals surface area contributed by atoms with Crippen molar-refractivity contribution in [3.8, 4) is 0 Å². The zero-order valence-corrected chi connectivity index (χ0v) is 45.4. The van der Waals surface area contributed by atoms with E-state index in [2.05, 4.69) is 0 Å². The molecule has 0 fully saturated rings. The Kier molecular flexibility index (Phi) is 18.9. The summed E-state index contributed by atoms with van der Waals surface area (Å²) >= 11 is 0. The van der Waals surface area contributed by atoms with Crippen molar-refractivity contribution in [3.05, 3.63) is 156 Å². The Morgan fingerprint density at radius 1 is 0.554 bits per heavy atom. The molecule has 334 valence electrons. The Morgan fingerprint density at radius 3 is 1.54 bits per heavy atom. The van der Waals surface area contributed by atoms with Gasteiger partial charge in [-0.15, -0.1) is 0 Å². The van der Waals surface area contributed by atoms with E-state index in [9.17, 15) is 48.5 Å². The van der Waals surface area contributed by atoms with E-state index in [1.807, 2.05) is 87.4 Å². The predicted octanol–water partition coefficient (Wildman–Crippen LogP) is 0.460. The zero-order chi connectivity index (χ0) is 47.1. The van der Waals surface area contributed by atoms with Gasteiger partial charge in [0.15, 0.2) is 0 Å². The minimum absolute atomic E-state index is 0. The Labute approximate surface area is 427 Å². The number of hydrogen-bond donors (Lipinski definition) is 0. The quantitative estimate of drug-likeness (QED) is 0.111. The topological polar surface area (TPSA) is 206 Å². The van der Waals surface area contributed by atoms with Crippen LogP contribution in [0.4, 0.5) is 0 Å². The van der Waals surface area contributed by atoms with Crippen LogP contribution in [0.15, 0.2) is 87.5 Å². The van der Waals surface area contributed by atoms with Crippen LogP contribution < -0.4 is 69.6 Å². The molecule has 5 rings (SSSR count). The Bertz CT molecular complexity index is 3150. The van der Waals surface area contributed by atoms with Gasteiger partial charge in [0.1, 0.15) is 41.9 Å². The van der Waals surface area contributed by atoms with E-state index < -0.39 is 45.0 Å². The minimum atomic E-state index is -5.48. The van der Waals surface area contributed by atoms with E-state index in [1.165, 1.54) is 12.1 Å². The fourth-order valence-corrected chi connectivity index (χ4v) is 10.1. The molecule has 0 saturated heterocycles. The molecule has 0 aliphatic rings. The van der Waals surface area contributed by atoms with Crippen LogP contribution in [-0.4, -0.2) is 50.5 Å². The smallest absolute Gasteiger partial charge is 0.744 e. The van der Waals surface area contributed by atoms with Gasteiger partial charge in [-0.2, -0.15) is 0 Å². The first-order valence-corrected chi connectivity index (χ1v) is 24.5. The second-order valence-electron chi connectivity index (χ2n) is 16.9. The minimum Gasteiger partial charge on any atom is -0.744 e. The molecule has 0 bridgehead atoms. The van der Waals surface area contributed by atoms with Crippen LogP contribution >= 0.6 is 0 Å². The molecule has 0 unspecified atom stereocenters. The maximum atomic E-state index is 13.1. The second kappa shape index (κ2) is 21.9. The fourth-order valence-electron chi connectivity index (χ4n) is 8.05. The molecule has 0 heterocycles. The second-order valence-corrected chi connectivity index (χ2v) is 21.0. The van der Waals surface area contributed by atoms with E-state index in [4.69, 9.17) is 0 Å². The van der Waals surface area contributed by atoms with Crippen LogP contribution in [0.25, 0.3) is 11.6 Å². The molecule has 0 N–H and O–H groups in total. The standard InChI is InChI=1S/C49H54O11S3.2Na/c1-27(2)45(50)25-43-31(7)19-29(5)41(33(43)9)21-35-11-13-36(14-12-35)49(40-18-17-39(61(52,53)54)24-48(40)63(58,59)60)38-16-15-37(47(23-38)62(55,56)57)22-42-30(6)20-32(8)44(34(42)10)26-46(51)28(3)4;;/h11-21,23-24,27-28H,22,25-26H2,1-10H3,(H,52,53,54)(H,55,56,57)(H,58,59,60);;/q;2*+1/p-3. The van der Waals surface area contributed by atoms with Gasteiger partial charge in [-0.25, -0.2) is 25.3 Å². The molecule has 0 spiro atoms. The summed E-state index contributed by atoms with van der Waals surface area (Å²) in [5, 5.41) is 0.942. The van der Waals surface area contributed by atoms with Gasteiger partial charge >= 0.3 is 59.1 Å². The third-order valence-electron chi connectivity index (χ3n) is 11.8. The molecule has 16 heteroatoms. The number of carbonyl (C=O) groups excluding carboxylic acids is 2. The summed E-state index contributed by atoms with van der Waals surface area (Å²) in [6.07, 6.45) is 2.36. The average Bonchev–Trinajstić information content (AvgIpc) is 3.17. The Morgan fingerprint density at radius 2 is 1.05 bits per heavy atom. The van der Waals surface area contributed by atoms with Crippen LogP contribution in [-0.2, 0) is 59.2 Å². The molecule has 5 aromatic carbocycles. The molecule has 0 aromatic heterocycles. The SMILES string of the molecule is Cc1cc(C)c(CC(=O)C(C)C)c(C)c1C=c1ccc(=C(c2ccc(Cc3c(C)cc(C)c(CC(=O)C(C)C)c3C)c(S(=O)(=O)[O-])c2)c2ccc(S(=O)(=O)[O-])cc2S(=O)(=O)[O-])cc1.[Na+].[Na+]. The fraction of sp³-hybridized carbons (Fsp3) is 0.306. The van der Waals surface area contributed by atoms with E-state index in [1.54, 1.807) is 24.3 Å². The number of carbonyl (C=O) groups is 2. The van der Waals surface area contributed by atoms with Crippen molar-refractivity contribution in [1.29, 1.82) is 0 Å². The third kappa shape index (κ3) is 13.1. The maximum Gasteiger partial charge on any atom is 1.00 e. The molecule has 11 nitrogen and oxygen atoms in total. The Balaban J connectivity index is 0.00000561. The molecule has 0 atom stereocenters. The number of ketones is 2. The van der Waals surface area contributed by atoms with Gasteiger partial charge in [0, 0.05) is 30.2 Å². The third-order valence-corrected chi connectivity index (χ3v) is 14.4. The normalized spacial score (nSPS) is 11.9. The Hall–Kier alpha value is -3.09. The largest absolute Gasteiger partial charge is 1.00 e. The van der Waals surface area contributed by atoms with Gasteiger partial charge in [0.25, 0.3) is 0 Å². The molecule has 0 aliphatic carbocycles. The monoisotopic (exact) mass is 957 g/mol. The van der Waals surface area contributed by atoms with Crippen molar-refractivity contribution in [1.82, 2.24) is 0 Å². The van der Waals surface area contributed by atoms with Crippen molar-refractivity contribution < 1.29 is 108 Å². The number of benzene rings is 5. The van der Waals surface area contributed by atoms with Crippen molar-refractivity contribution in [2.24, 2.45) is 11.8 Å². The van der Waals surface area contributed by atoms with Crippen molar-refractivity contribution in [3.63, 3.8) is 0 Å². The average molecular weight is 958 g/mol. The van der Waals surface area contributed by atoms with Crippen LogP contribution in [0.2, 0.25) is 0 Å². The summed E-state index contributed by atoms with van der Waals surface area (Å²) in [5.41, 5.74) is 8.42. The molecule has 65 heavy (non-hydrogen) atoms. The summed E-state index contributed by atoms with van der Waals surface area (Å²) in [6, 6.07) is 16.8. The van der Waals surface area contributed by atoms with Crippen LogP contribution in [0.5, 0.6) is 0 Å². The molecule has 0 amide bonds. The van der Waals surface area contributed by atoms with Crippen molar-refractivity contribution in [2.75, 3.05) is 0 Å². The van der Waals surface area contributed by atoms with Gasteiger partial charge in [0.05, 0.1) is 14.7 Å². The first kappa shape index (κ1) is 56.2. The van der Waals surface area contributed by atoms with Gasteiger partial charge < -0.3 is 13.7 Å². The van der Waals surface area contributed by atoms with Crippen LogP contribution in [0.3, 0.4) is 0 Å². The van der Waals surface area contributed by atoms with Crippen molar-refractivity contribution in [2.45, 2.75) is 103 Å². The van der Waals surface area contributed by atoms with Crippen LogP contribution in [0, 0.1) is 53.4 Å². The van der Waals surface area contributed by atoms with Gasteiger partial charge in [-0.3, -0.25) is 9.59 Å². The van der Waals surface area contributed by atoms with E-state index in [0.29, 0.717) is 16.8 Å². The van der Waals surface area contributed by atoms with Crippen LogP contribution in [0.1, 0.15) is 100 Å². The van der Waals surface area contributed by atoms with Gasteiger partial charge in [-0.1, -0.05) is 82.3 Å². The van der Waals surface area contributed by atoms with Crippen molar-refractivity contribution >= 4 is 53.6 Å². The number of aryl methyl sites for hydroxylation is 4. The predicted molar refractivity (Wildman–Crippen MR) is 239 cm³/mol.